The van der Waals surface area contributed by atoms with E-state index in [0.717, 1.165) is 26.7 Å². The van der Waals surface area contributed by atoms with Crippen molar-refractivity contribution >= 4 is 52.0 Å². The van der Waals surface area contributed by atoms with E-state index in [-0.39, 0.29) is 17.3 Å². The summed E-state index contributed by atoms with van der Waals surface area (Å²) in [5.41, 5.74) is 4.35. The maximum Gasteiger partial charge on any atom is 0.269 e. The van der Waals surface area contributed by atoms with E-state index in [1.165, 1.54) is 35.2 Å². The molecule has 160 valence electrons. The molecule has 1 heterocycles. The number of rotatable bonds is 7. The first-order chi connectivity index (χ1) is 15.5. The van der Waals surface area contributed by atoms with Gasteiger partial charge < -0.3 is 5.32 Å². The minimum absolute atomic E-state index is 0.0515. The van der Waals surface area contributed by atoms with Crippen LogP contribution in [0.5, 0.6) is 0 Å². The zero-order chi connectivity index (χ0) is 22.5. The summed E-state index contributed by atoms with van der Waals surface area (Å²) >= 11 is 8.80. The van der Waals surface area contributed by atoms with E-state index in [2.05, 4.69) is 10.3 Å². The van der Waals surface area contributed by atoms with Gasteiger partial charge in [0.1, 0.15) is 0 Å². The molecule has 9 heteroatoms. The van der Waals surface area contributed by atoms with Gasteiger partial charge >= 0.3 is 0 Å². The van der Waals surface area contributed by atoms with Crippen LogP contribution in [0, 0.1) is 10.1 Å². The van der Waals surface area contributed by atoms with Crippen molar-refractivity contribution in [3.05, 3.63) is 93.3 Å². The Kier molecular flexibility index (Phi) is 6.84. The predicted molar refractivity (Wildman–Crippen MR) is 130 cm³/mol. The second-order valence-corrected chi connectivity index (χ2v) is 9.24. The highest BCUT2D eigenvalue weighted by atomic mass is 35.5. The number of non-ortho nitro benzene ring substituents is 1. The fourth-order valence-electron chi connectivity index (χ4n) is 2.92. The molecule has 1 amide bonds. The molecule has 0 radical (unpaired) electrons. The molecule has 0 saturated carbocycles. The van der Waals surface area contributed by atoms with Gasteiger partial charge in [-0.1, -0.05) is 47.6 Å². The number of amides is 1. The number of benzene rings is 3. The van der Waals surface area contributed by atoms with E-state index in [0.29, 0.717) is 10.7 Å². The topological polar surface area (TPSA) is 85.1 Å². The van der Waals surface area contributed by atoms with Gasteiger partial charge in [0, 0.05) is 33.8 Å². The average Bonchev–Trinajstić information content (AvgIpc) is 3.28. The lowest BCUT2D eigenvalue weighted by Gasteiger charge is -2.06. The predicted octanol–water partition coefficient (Wildman–Crippen LogP) is 6.77. The number of nitro benzene ring substituents is 1. The minimum Gasteiger partial charge on any atom is -0.325 e. The summed E-state index contributed by atoms with van der Waals surface area (Å²) in [6.07, 6.45) is 0. The van der Waals surface area contributed by atoms with Crippen molar-refractivity contribution in [2.24, 2.45) is 0 Å². The van der Waals surface area contributed by atoms with E-state index in [1.54, 1.807) is 24.3 Å². The number of nitro groups is 1. The number of carbonyl (C=O) groups is 1. The quantitative estimate of drug-likeness (QED) is 0.179. The van der Waals surface area contributed by atoms with E-state index in [4.69, 9.17) is 11.6 Å². The van der Waals surface area contributed by atoms with Gasteiger partial charge in [0.2, 0.25) is 5.91 Å². The summed E-state index contributed by atoms with van der Waals surface area (Å²) in [7, 11) is 0. The van der Waals surface area contributed by atoms with Crippen molar-refractivity contribution in [2.45, 2.75) is 4.34 Å². The van der Waals surface area contributed by atoms with Crippen molar-refractivity contribution in [3.63, 3.8) is 0 Å². The van der Waals surface area contributed by atoms with Crippen molar-refractivity contribution in [1.82, 2.24) is 4.98 Å². The molecule has 0 saturated heterocycles. The molecule has 1 aromatic heterocycles. The van der Waals surface area contributed by atoms with Crippen LogP contribution < -0.4 is 5.32 Å². The summed E-state index contributed by atoms with van der Waals surface area (Å²) in [6, 6.07) is 21.2. The Morgan fingerprint density at radius 3 is 2.19 bits per heavy atom. The maximum atomic E-state index is 12.3. The summed E-state index contributed by atoms with van der Waals surface area (Å²) < 4.78 is 0.818. The van der Waals surface area contributed by atoms with Gasteiger partial charge in [-0.3, -0.25) is 14.9 Å². The van der Waals surface area contributed by atoms with Crippen LogP contribution in [0.25, 0.3) is 22.4 Å². The van der Waals surface area contributed by atoms with Crippen LogP contribution in [0.3, 0.4) is 0 Å². The van der Waals surface area contributed by atoms with Crippen LogP contribution >= 0.6 is 34.7 Å². The first-order valence-corrected chi connectivity index (χ1v) is 11.7. The number of nitrogens with zero attached hydrogens (tertiary/aromatic N) is 2. The molecule has 32 heavy (non-hydrogen) atoms. The number of aromatic nitrogens is 1. The monoisotopic (exact) mass is 481 g/mol. The summed E-state index contributed by atoms with van der Waals surface area (Å²) in [6.45, 7) is 0. The molecule has 0 bridgehead atoms. The second kappa shape index (κ2) is 9.95. The van der Waals surface area contributed by atoms with Gasteiger partial charge in [-0.15, -0.1) is 11.3 Å². The van der Waals surface area contributed by atoms with Gasteiger partial charge in [0.25, 0.3) is 5.69 Å². The molecule has 0 unspecified atom stereocenters. The van der Waals surface area contributed by atoms with Gasteiger partial charge in [-0.05, 0) is 47.5 Å². The van der Waals surface area contributed by atoms with Crippen LogP contribution in [0.2, 0.25) is 5.02 Å². The van der Waals surface area contributed by atoms with Crippen LogP contribution in [0.4, 0.5) is 11.4 Å². The van der Waals surface area contributed by atoms with Crippen molar-refractivity contribution in [3.8, 4) is 22.4 Å². The molecular formula is C23H16ClN3O3S2. The molecule has 3 aromatic carbocycles. The number of nitrogens with one attached hydrogen (secondary N) is 1. The number of halogens is 1. The number of thiazole rings is 1. The second-order valence-electron chi connectivity index (χ2n) is 6.72. The number of carbonyl (C=O) groups excluding carboxylic acids is 1. The number of hydrogen-bond donors (Lipinski definition) is 1. The molecule has 1 N–H and O–H groups in total. The zero-order valence-corrected chi connectivity index (χ0v) is 18.9. The third-order valence-corrected chi connectivity index (χ3v) is 6.80. The summed E-state index contributed by atoms with van der Waals surface area (Å²) in [5.74, 6) is 0.124. The highest BCUT2D eigenvalue weighted by Crippen LogP contribution is 2.29. The lowest BCUT2D eigenvalue weighted by molar-refractivity contribution is -0.384. The first-order valence-electron chi connectivity index (χ1n) is 9.47. The normalized spacial score (nSPS) is 10.7. The average molecular weight is 482 g/mol. The molecule has 0 aliphatic rings. The van der Waals surface area contributed by atoms with Gasteiger partial charge in [0.05, 0.1) is 16.4 Å². The van der Waals surface area contributed by atoms with Gasteiger partial charge in [-0.25, -0.2) is 4.98 Å². The molecule has 0 aliphatic carbocycles. The Hall–Kier alpha value is -3.20. The number of thioether (sulfide) groups is 1. The Labute approximate surface area is 197 Å². The Bertz CT molecular complexity index is 1240. The van der Waals surface area contributed by atoms with Crippen molar-refractivity contribution in [1.29, 1.82) is 0 Å². The van der Waals surface area contributed by atoms with Crippen LogP contribution in [-0.2, 0) is 4.79 Å². The van der Waals surface area contributed by atoms with E-state index < -0.39 is 4.92 Å². The van der Waals surface area contributed by atoms with Gasteiger partial charge in [0.15, 0.2) is 4.34 Å². The molecular weight excluding hydrogens is 466 g/mol. The van der Waals surface area contributed by atoms with Crippen LogP contribution in [-0.4, -0.2) is 21.6 Å². The lowest BCUT2D eigenvalue weighted by atomic mass is 10.1. The number of anilines is 1. The highest BCUT2D eigenvalue weighted by molar-refractivity contribution is 8.01. The van der Waals surface area contributed by atoms with E-state index >= 15 is 0 Å². The van der Waals surface area contributed by atoms with Crippen molar-refractivity contribution < 1.29 is 9.72 Å². The molecule has 0 spiro atoms. The molecule has 4 rings (SSSR count). The maximum absolute atomic E-state index is 12.3. The highest BCUT2D eigenvalue weighted by Gasteiger charge is 2.09. The molecule has 0 aliphatic heterocycles. The van der Waals surface area contributed by atoms with E-state index in [1.807, 2.05) is 41.8 Å². The van der Waals surface area contributed by atoms with Crippen LogP contribution in [0.1, 0.15) is 0 Å². The SMILES string of the molecule is O=C(CSc1nc(-c2ccc(Cl)cc2)cs1)Nc1ccc(-c2ccc([N+](=O)[O-])cc2)cc1. The Morgan fingerprint density at radius 1 is 0.969 bits per heavy atom. The fourth-order valence-corrected chi connectivity index (χ4v) is 4.68. The number of hydrogen-bond acceptors (Lipinski definition) is 6. The van der Waals surface area contributed by atoms with Gasteiger partial charge in [-0.2, -0.15) is 0 Å². The largest absolute Gasteiger partial charge is 0.325 e. The molecule has 0 fully saturated rings. The van der Waals surface area contributed by atoms with E-state index in [9.17, 15) is 14.9 Å². The smallest absolute Gasteiger partial charge is 0.269 e. The molecule has 4 aromatic rings. The molecule has 6 nitrogen and oxygen atoms in total. The minimum atomic E-state index is -0.426. The standard InChI is InChI=1S/C23H16ClN3O3S2/c24-18-7-1-17(2-8-18)21-13-31-23(26-21)32-14-22(28)25-19-9-3-15(4-10-19)16-5-11-20(12-6-16)27(29)30/h1-13H,14H2,(H,25,28). The zero-order valence-electron chi connectivity index (χ0n) is 16.5. The van der Waals surface area contributed by atoms with Crippen molar-refractivity contribution in [2.75, 3.05) is 11.1 Å². The first kappa shape index (κ1) is 22.0. The fraction of sp³-hybridized carbons (Fsp3) is 0.0435. The Morgan fingerprint density at radius 2 is 1.56 bits per heavy atom. The molecule has 0 atom stereocenters. The van der Waals surface area contributed by atoms with Crippen LogP contribution in [0.15, 0.2) is 82.5 Å². The third kappa shape index (κ3) is 5.53. The lowest BCUT2D eigenvalue weighted by Crippen LogP contribution is -2.13. The summed E-state index contributed by atoms with van der Waals surface area (Å²) in [4.78, 5) is 27.2. The Balaban J connectivity index is 1.31. The third-order valence-electron chi connectivity index (χ3n) is 4.53. The summed E-state index contributed by atoms with van der Waals surface area (Å²) in [5, 5.41) is 16.3.